The molecule has 1 fully saturated rings. The van der Waals surface area contributed by atoms with E-state index in [-0.39, 0.29) is 11.8 Å². The van der Waals surface area contributed by atoms with Crippen molar-refractivity contribution in [1.29, 1.82) is 0 Å². The maximum Gasteiger partial charge on any atom is 0.233 e. The van der Waals surface area contributed by atoms with Gasteiger partial charge in [0.1, 0.15) is 0 Å². The summed E-state index contributed by atoms with van der Waals surface area (Å²) < 4.78 is 1.90. The van der Waals surface area contributed by atoms with E-state index in [1.165, 1.54) is 25.1 Å². The second kappa shape index (κ2) is 9.03. The fraction of sp³-hybridized carbons (Fsp3) is 0.526. The Labute approximate surface area is 168 Å². The maximum atomic E-state index is 12.7. The van der Waals surface area contributed by atoms with Gasteiger partial charge in [0, 0.05) is 31.7 Å². The molecule has 0 saturated carbocycles. The van der Waals surface area contributed by atoms with Gasteiger partial charge in [-0.05, 0) is 45.1 Å². The molecular weight excluding hydrogens is 380 g/mol. The Balaban J connectivity index is 1.61. The van der Waals surface area contributed by atoms with E-state index in [9.17, 15) is 9.59 Å². The molecule has 1 aliphatic rings. The van der Waals surface area contributed by atoms with Crippen LogP contribution in [0.2, 0.25) is 0 Å². The van der Waals surface area contributed by atoms with Gasteiger partial charge in [0.25, 0.3) is 0 Å². The summed E-state index contributed by atoms with van der Waals surface area (Å²) in [6.45, 7) is 3.16. The van der Waals surface area contributed by atoms with E-state index in [0.717, 1.165) is 46.2 Å². The van der Waals surface area contributed by atoms with Crippen molar-refractivity contribution in [3.05, 3.63) is 18.2 Å². The van der Waals surface area contributed by atoms with Crippen LogP contribution in [0.5, 0.6) is 0 Å². The van der Waals surface area contributed by atoms with Crippen molar-refractivity contribution in [3.8, 4) is 0 Å². The number of thiazole rings is 1. The van der Waals surface area contributed by atoms with Crippen molar-refractivity contribution < 1.29 is 9.59 Å². The first-order valence-corrected chi connectivity index (χ1v) is 11.0. The van der Waals surface area contributed by atoms with Crippen LogP contribution in [-0.4, -0.2) is 65.6 Å². The summed E-state index contributed by atoms with van der Waals surface area (Å²) >= 11 is 3.06. The number of hydrogen-bond donors (Lipinski definition) is 1. The molecule has 27 heavy (non-hydrogen) atoms. The van der Waals surface area contributed by atoms with E-state index in [2.05, 4.69) is 29.3 Å². The molecule has 1 saturated heterocycles. The van der Waals surface area contributed by atoms with Gasteiger partial charge in [0.2, 0.25) is 11.8 Å². The van der Waals surface area contributed by atoms with Crippen molar-refractivity contribution in [2.75, 3.05) is 38.3 Å². The number of thioether (sulfide) groups is 1. The molecule has 2 amide bonds. The zero-order valence-corrected chi connectivity index (χ0v) is 17.7. The van der Waals surface area contributed by atoms with E-state index in [1.807, 2.05) is 23.1 Å². The molecule has 1 aromatic carbocycles. The van der Waals surface area contributed by atoms with Crippen molar-refractivity contribution in [2.24, 2.45) is 0 Å². The van der Waals surface area contributed by atoms with Gasteiger partial charge in [0.05, 0.1) is 16.0 Å². The number of carbonyl (C=O) groups is 2. The zero-order chi connectivity index (χ0) is 19.4. The van der Waals surface area contributed by atoms with Crippen LogP contribution in [0.15, 0.2) is 22.5 Å². The summed E-state index contributed by atoms with van der Waals surface area (Å²) in [5.41, 5.74) is 1.66. The quantitative estimate of drug-likeness (QED) is 0.772. The van der Waals surface area contributed by atoms with Crippen LogP contribution in [0.1, 0.15) is 26.2 Å². The lowest BCUT2D eigenvalue weighted by Crippen LogP contribution is -2.42. The summed E-state index contributed by atoms with van der Waals surface area (Å²) in [5.74, 6) is 0.512. The molecule has 1 atom stereocenters. The lowest BCUT2D eigenvalue weighted by molar-refractivity contribution is -0.128. The largest absolute Gasteiger partial charge is 0.340 e. The number of aromatic nitrogens is 1. The highest BCUT2D eigenvalue weighted by Gasteiger charge is 2.23. The summed E-state index contributed by atoms with van der Waals surface area (Å²) in [4.78, 5) is 32.7. The topological polar surface area (TPSA) is 65.5 Å². The van der Waals surface area contributed by atoms with Crippen molar-refractivity contribution in [2.45, 2.75) is 36.6 Å². The average Bonchev–Trinajstić information content (AvgIpc) is 2.84. The van der Waals surface area contributed by atoms with Crippen LogP contribution in [0.4, 0.5) is 5.69 Å². The van der Waals surface area contributed by atoms with Crippen LogP contribution in [0.3, 0.4) is 0 Å². The average molecular weight is 407 g/mol. The summed E-state index contributed by atoms with van der Waals surface area (Å²) in [7, 11) is 4.17. The molecule has 0 unspecified atom stereocenters. The minimum atomic E-state index is -0.0902. The second-order valence-electron chi connectivity index (χ2n) is 7.09. The van der Waals surface area contributed by atoms with Gasteiger partial charge >= 0.3 is 0 Å². The summed E-state index contributed by atoms with van der Waals surface area (Å²) in [6, 6.07) is 6.12. The molecule has 2 aromatic rings. The molecule has 6 nitrogen and oxygen atoms in total. The Morgan fingerprint density at radius 3 is 2.93 bits per heavy atom. The molecule has 1 aromatic heterocycles. The molecule has 1 N–H and O–H groups in total. The number of benzene rings is 1. The Kier molecular flexibility index (Phi) is 6.73. The molecule has 3 rings (SSSR count). The fourth-order valence-electron chi connectivity index (χ4n) is 3.23. The van der Waals surface area contributed by atoms with Gasteiger partial charge in [-0.25, -0.2) is 4.98 Å². The maximum absolute atomic E-state index is 12.7. The first-order chi connectivity index (χ1) is 12.9. The first kappa shape index (κ1) is 20.1. The molecule has 2 heterocycles. The van der Waals surface area contributed by atoms with Gasteiger partial charge in [-0.2, -0.15) is 0 Å². The number of likely N-dealkylation sites (tertiary alicyclic amines) is 1. The lowest BCUT2D eigenvalue weighted by Gasteiger charge is -2.28. The van der Waals surface area contributed by atoms with Crippen LogP contribution in [-0.2, 0) is 9.59 Å². The van der Waals surface area contributed by atoms with E-state index >= 15 is 0 Å². The monoisotopic (exact) mass is 406 g/mol. The van der Waals surface area contributed by atoms with Crippen molar-refractivity contribution in [3.63, 3.8) is 0 Å². The predicted molar refractivity (Wildman–Crippen MR) is 113 cm³/mol. The van der Waals surface area contributed by atoms with Crippen LogP contribution >= 0.6 is 23.1 Å². The second-order valence-corrected chi connectivity index (χ2v) is 9.34. The Bertz CT molecular complexity index is 821. The van der Waals surface area contributed by atoms with Gasteiger partial charge in [-0.1, -0.05) is 18.2 Å². The first-order valence-electron chi connectivity index (χ1n) is 9.17. The van der Waals surface area contributed by atoms with Gasteiger partial charge in [-0.15, -0.1) is 11.3 Å². The standard InChI is InChI=1S/C19H26N4O2S2/c1-13(24)20-14-7-8-16-17(10-14)27-19(21-16)26-12-18(25)23-9-5-4-6-15(11-23)22(2)3/h7-8,10,15H,4-6,9,11-12H2,1-3H3,(H,20,24)/t15-/m0/s1. The number of rotatable bonds is 5. The Morgan fingerprint density at radius 2 is 2.19 bits per heavy atom. The molecule has 0 aliphatic carbocycles. The Morgan fingerprint density at radius 1 is 1.37 bits per heavy atom. The normalized spacial score (nSPS) is 17.9. The highest BCUT2D eigenvalue weighted by molar-refractivity contribution is 8.01. The van der Waals surface area contributed by atoms with Crippen LogP contribution < -0.4 is 5.32 Å². The predicted octanol–water partition coefficient (Wildman–Crippen LogP) is 3.29. The van der Waals surface area contributed by atoms with Crippen molar-refractivity contribution >= 4 is 50.8 Å². The van der Waals surface area contributed by atoms with Gasteiger partial charge in [-0.3, -0.25) is 9.59 Å². The molecule has 0 bridgehead atoms. The molecule has 146 valence electrons. The molecule has 0 radical (unpaired) electrons. The van der Waals surface area contributed by atoms with E-state index in [4.69, 9.17) is 0 Å². The number of anilines is 1. The van der Waals surface area contributed by atoms with E-state index < -0.39 is 0 Å². The highest BCUT2D eigenvalue weighted by Crippen LogP contribution is 2.31. The lowest BCUT2D eigenvalue weighted by atomic mass is 10.1. The van der Waals surface area contributed by atoms with Crippen molar-refractivity contribution in [1.82, 2.24) is 14.8 Å². The number of nitrogens with zero attached hydrogens (tertiary/aromatic N) is 3. The summed E-state index contributed by atoms with van der Waals surface area (Å²) in [5, 5.41) is 2.79. The molecule has 8 heteroatoms. The van der Waals surface area contributed by atoms with Gasteiger partial charge < -0.3 is 15.1 Å². The third-order valence-corrected chi connectivity index (χ3v) is 6.88. The highest BCUT2D eigenvalue weighted by atomic mass is 32.2. The van der Waals surface area contributed by atoms with E-state index in [0.29, 0.717) is 11.8 Å². The van der Waals surface area contributed by atoms with E-state index in [1.54, 1.807) is 11.3 Å². The third kappa shape index (κ3) is 5.43. The third-order valence-electron chi connectivity index (χ3n) is 4.74. The number of carbonyl (C=O) groups excluding carboxylic acids is 2. The number of hydrogen-bond acceptors (Lipinski definition) is 6. The minimum Gasteiger partial charge on any atom is -0.340 e. The van der Waals surface area contributed by atoms with Crippen LogP contribution in [0.25, 0.3) is 10.2 Å². The number of likely N-dealkylation sites (N-methyl/N-ethyl adjacent to an activating group) is 1. The number of fused-ring (bicyclic) bond motifs is 1. The molecule has 0 spiro atoms. The number of nitrogens with one attached hydrogen (secondary N) is 1. The fourth-order valence-corrected chi connectivity index (χ4v) is 5.24. The zero-order valence-electron chi connectivity index (χ0n) is 16.0. The molecule has 1 aliphatic heterocycles. The smallest absolute Gasteiger partial charge is 0.233 e. The number of amides is 2. The van der Waals surface area contributed by atoms with Crippen LogP contribution in [0, 0.1) is 0 Å². The molecular formula is C19H26N4O2S2. The Hall–Kier alpha value is -1.64. The SMILES string of the molecule is CC(=O)Nc1ccc2nc(SCC(=O)N3CCCC[C@H](N(C)C)C3)sc2c1. The summed E-state index contributed by atoms with van der Waals surface area (Å²) in [6.07, 6.45) is 3.40. The van der Waals surface area contributed by atoms with Gasteiger partial charge in [0.15, 0.2) is 4.34 Å². The minimum absolute atomic E-state index is 0.0902.